The molecule has 3 amide bonds. The molecule has 0 heterocycles. The maximum absolute atomic E-state index is 12.9. The second kappa shape index (κ2) is 13.7. The van der Waals surface area contributed by atoms with E-state index < -0.39 is 11.9 Å². The first-order valence-electron chi connectivity index (χ1n) is 10.9. The number of hydrogen-bond donors (Lipinski definition) is 4. The Bertz CT molecular complexity index is 927. The van der Waals surface area contributed by atoms with E-state index in [4.69, 9.17) is 5.21 Å². The van der Waals surface area contributed by atoms with Crippen molar-refractivity contribution < 1.29 is 19.6 Å². The van der Waals surface area contributed by atoms with E-state index in [1.807, 2.05) is 73.6 Å². The first-order chi connectivity index (χ1) is 15.9. The van der Waals surface area contributed by atoms with Crippen molar-refractivity contribution in [3.8, 4) is 0 Å². The molecule has 2 aromatic carbocycles. The molecule has 0 unspecified atom stereocenters. The van der Waals surface area contributed by atoms with E-state index in [1.54, 1.807) is 11.6 Å². The third-order valence-corrected chi connectivity index (χ3v) is 5.03. The summed E-state index contributed by atoms with van der Waals surface area (Å²) in [6.45, 7) is 0. The lowest BCUT2D eigenvalue weighted by molar-refractivity contribution is -0.129. The zero-order valence-electron chi connectivity index (χ0n) is 19.1. The average molecular weight is 453 g/mol. The predicted octanol–water partition coefficient (Wildman–Crippen LogP) is 3.35. The lowest BCUT2D eigenvalue weighted by atomic mass is 10.1. The van der Waals surface area contributed by atoms with Gasteiger partial charge in [-0.2, -0.15) is 0 Å². The molecule has 8 nitrogen and oxygen atoms in total. The van der Waals surface area contributed by atoms with Crippen LogP contribution in [0.4, 0.5) is 11.4 Å². The zero-order valence-corrected chi connectivity index (χ0v) is 19.1. The zero-order chi connectivity index (χ0) is 24.1. The number of hydrogen-bond acceptors (Lipinski definition) is 5. The number of benzene rings is 2. The molecule has 33 heavy (non-hydrogen) atoms. The van der Waals surface area contributed by atoms with Gasteiger partial charge in [0, 0.05) is 38.0 Å². The van der Waals surface area contributed by atoms with Crippen molar-refractivity contribution in [1.82, 2.24) is 10.8 Å². The van der Waals surface area contributed by atoms with Crippen LogP contribution in [0.25, 0.3) is 6.08 Å². The van der Waals surface area contributed by atoms with Gasteiger partial charge in [0.15, 0.2) is 0 Å². The first-order valence-corrected chi connectivity index (χ1v) is 10.9. The van der Waals surface area contributed by atoms with E-state index in [2.05, 4.69) is 10.6 Å². The van der Waals surface area contributed by atoms with Crippen LogP contribution < -0.4 is 21.0 Å². The number of amides is 3. The lowest BCUT2D eigenvalue weighted by Crippen LogP contribution is -2.43. The number of carbonyl (C=O) groups is 3. The van der Waals surface area contributed by atoms with E-state index in [1.165, 1.54) is 6.08 Å². The van der Waals surface area contributed by atoms with Gasteiger partial charge in [0.1, 0.15) is 6.04 Å². The Balaban J connectivity index is 1.98. The molecule has 0 aromatic heterocycles. The average Bonchev–Trinajstić information content (AvgIpc) is 2.82. The van der Waals surface area contributed by atoms with Gasteiger partial charge in [-0.15, -0.1) is 0 Å². The van der Waals surface area contributed by atoms with Crippen molar-refractivity contribution in [1.29, 1.82) is 0 Å². The summed E-state index contributed by atoms with van der Waals surface area (Å²) in [5, 5.41) is 14.2. The summed E-state index contributed by atoms with van der Waals surface area (Å²) in [5.74, 6) is -1.10. The summed E-state index contributed by atoms with van der Waals surface area (Å²) < 4.78 is 0. The molecule has 0 radical (unpaired) electrons. The van der Waals surface area contributed by atoms with Gasteiger partial charge in [-0.25, -0.2) is 5.48 Å². The Morgan fingerprint density at radius 2 is 1.67 bits per heavy atom. The highest BCUT2D eigenvalue weighted by atomic mass is 16.5. The molecule has 0 aliphatic rings. The van der Waals surface area contributed by atoms with Crippen molar-refractivity contribution in [2.24, 2.45) is 0 Å². The monoisotopic (exact) mass is 452 g/mol. The fourth-order valence-corrected chi connectivity index (χ4v) is 3.16. The SMILES string of the molecule is CN(C)c1ccc(NC(=O)[C@H](CCCCCC(=O)NO)NC(=O)/C=C/c2ccccc2)cc1. The van der Waals surface area contributed by atoms with Gasteiger partial charge in [-0.3, -0.25) is 19.6 Å². The summed E-state index contributed by atoms with van der Waals surface area (Å²) in [5.41, 5.74) is 4.14. The van der Waals surface area contributed by atoms with Gasteiger partial charge in [0.2, 0.25) is 17.7 Å². The summed E-state index contributed by atoms with van der Waals surface area (Å²) >= 11 is 0. The highest BCUT2D eigenvalue weighted by Gasteiger charge is 2.20. The van der Waals surface area contributed by atoms with Gasteiger partial charge in [0.05, 0.1) is 0 Å². The molecule has 0 saturated heterocycles. The molecular formula is C25H32N4O4. The molecule has 0 aliphatic heterocycles. The van der Waals surface area contributed by atoms with Gasteiger partial charge in [-0.05, 0) is 48.7 Å². The molecule has 2 rings (SSSR count). The van der Waals surface area contributed by atoms with Gasteiger partial charge < -0.3 is 15.5 Å². The minimum absolute atomic E-state index is 0.206. The molecule has 0 spiro atoms. The summed E-state index contributed by atoms with van der Waals surface area (Å²) in [7, 11) is 3.87. The van der Waals surface area contributed by atoms with Gasteiger partial charge >= 0.3 is 0 Å². The quantitative estimate of drug-likeness (QED) is 0.171. The Labute approximate surface area is 194 Å². The van der Waals surface area contributed by atoms with E-state index in [0.717, 1.165) is 11.3 Å². The van der Waals surface area contributed by atoms with Crippen LogP contribution in [0.2, 0.25) is 0 Å². The molecule has 8 heteroatoms. The highest BCUT2D eigenvalue weighted by molar-refractivity contribution is 6.00. The van der Waals surface area contributed by atoms with Gasteiger partial charge in [-0.1, -0.05) is 43.2 Å². The van der Waals surface area contributed by atoms with Crippen LogP contribution in [0.3, 0.4) is 0 Å². The summed E-state index contributed by atoms with van der Waals surface area (Å²) in [6.07, 6.45) is 5.63. The number of anilines is 2. The third kappa shape index (κ3) is 9.57. The number of rotatable bonds is 12. The van der Waals surface area contributed by atoms with E-state index in [9.17, 15) is 14.4 Å². The number of nitrogens with zero attached hydrogens (tertiary/aromatic N) is 1. The number of hydroxylamine groups is 1. The molecular weight excluding hydrogens is 420 g/mol. The standard InChI is InChI=1S/C25H32N4O4/c1-29(2)21-16-14-20(15-17-21)26-25(32)22(11-7-4-8-12-24(31)28-33)27-23(30)18-13-19-9-5-3-6-10-19/h3,5-6,9-10,13-18,22,33H,4,7-8,11-12H2,1-2H3,(H,26,32)(H,27,30)(H,28,31)/b18-13+/t22-/m0/s1. The molecule has 0 aliphatic carbocycles. The minimum atomic E-state index is -0.724. The van der Waals surface area contributed by atoms with Crippen molar-refractivity contribution in [3.63, 3.8) is 0 Å². The van der Waals surface area contributed by atoms with Crippen molar-refractivity contribution in [2.75, 3.05) is 24.3 Å². The second-order valence-corrected chi connectivity index (χ2v) is 7.87. The largest absolute Gasteiger partial charge is 0.378 e. The number of nitrogens with one attached hydrogen (secondary N) is 3. The van der Waals surface area contributed by atoms with Crippen LogP contribution in [0.15, 0.2) is 60.7 Å². The molecule has 4 N–H and O–H groups in total. The maximum atomic E-state index is 12.9. The van der Waals surface area contributed by atoms with Crippen molar-refractivity contribution in [3.05, 3.63) is 66.2 Å². The Morgan fingerprint density at radius 1 is 0.970 bits per heavy atom. The molecule has 0 bridgehead atoms. The number of carbonyl (C=O) groups excluding carboxylic acids is 3. The summed E-state index contributed by atoms with van der Waals surface area (Å²) in [6, 6.07) is 16.1. The van der Waals surface area contributed by atoms with Crippen LogP contribution >= 0.6 is 0 Å². The van der Waals surface area contributed by atoms with Crippen LogP contribution in [-0.2, 0) is 14.4 Å². The molecule has 0 fully saturated rings. The third-order valence-electron chi connectivity index (χ3n) is 5.03. The first kappa shape index (κ1) is 25.6. The van der Waals surface area contributed by atoms with Crippen LogP contribution in [0, 0.1) is 0 Å². The molecule has 176 valence electrons. The van der Waals surface area contributed by atoms with Crippen LogP contribution in [-0.4, -0.2) is 43.1 Å². The lowest BCUT2D eigenvalue weighted by Gasteiger charge is -2.18. The second-order valence-electron chi connectivity index (χ2n) is 7.87. The highest BCUT2D eigenvalue weighted by Crippen LogP contribution is 2.16. The van der Waals surface area contributed by atoms with E-state index in [0.29, 0.717) is 31.4 Å². The number of unbranched alkanes of at least 4 members (excludes halogenated alkanes) is 2. The normalized spacial score (nSPS) is 11.6. The predicted molar refractivity (Wildman–Crippen MR) is 130 cm³/mol. The van der Waals surface area contributed by atoms with Crippen LogP contribution in [0.5, 0.6) is 0 Å². The molecule has 2 aromatic rings. The van der Waals surface area contributed by atoms with Crippen molar-refractivity contribution in [2.45, 2.75) is 38.1 Å². The summed E-state index contributed by atoms with van der Waals surface area (Å²) in [4.78, 5) is 38.4. The Morgan fingerprint density at radius 3 is 2.30 bits per heavy atom. The van der Waals surface area contributed by atoms with Gasteiger partial charge in [0.25, 0.3) is 0 Å². The topological polar surface area (TPSA) is 111 Å². The molecule has 0 saturated carbocycles. The fourth-order valence-electron chi connectivity index (χ4n) is 3.16. The fraction of sp³-hybridized carbons (Fsp3) is 0.320. The smallest absolute Gasteiger partial charge is 0.246 e. The van der Waals surface area contributed by atoms with E-state index >= 15 is 0 Å². The minimum Gasteiger partial charge on any atom is -0.378 e. The van der Waals surface area contributed by atoms with Crippen molar-refractivity contribution >= 4 is 35.2 Å². The molecule has 1 atom stereocenters. The van der Waals surface area contributed by atoms with E-state index in [-0.39, 0.29) is 18.2 Å². The van der Waals surface area contributed by atoms with Crippen LogP contribution in [0.1, 0.15) is 37.7 Å². The maximum Gasteiger partial charge on any atom is 0.246 e. The Hall–Kier alpha value is -3.65. The Kier molecular flexibility index (Phi) is 10.6.